The summed E-state index contributed by atoms with van der Waals surface area (Å²) in [7, 11) is 0. The molecule has 1 N–H and O–H groups in total. The number of halogens is 1. The molecule has 3 heteroatoms. The van der Waals surface area contributed by atoms with Crippen LogP contribution in [0.15, 0.2) is 40.9 Å². The molecule has 0 amide bonds. The third kappa shape index (κ3) is 3.99. The maximum absolute atomic E-state index is 5.86. The molecule has 1 unspecified atom stereocenters. The molecule has 0 spiro atoms. The Balaban J connectivity index is 2.05. The molecular formula is C16H16BrNO. The van der Waals surface area contributed by atoms with E-state index in [1.54, 1.807) is 0 Å². The second-order valence-electron chi connectivity index (χ2n) is 4.42. The van der Waals surface area contributed by atoms with Crippen molar-refractivity contribution < 1.29 is 4.74 Å². The molecule has 0 bridgehead atoms. The number of hydrogen-bond acceptors (Lipinski definition) is 2. The Morgan fingerprint density at radius 1 is 1.26 bits per heavy atom. The highest BCUT2D eigenvalue weighted by Gasteiger charge is 2.04. The van der Waals surface area contributed by atoms with Gasteiger partial charge >= 0.3 is 0 Å². The van der Waals surface area contributed by atoms with E-state index in [0.29, 0.717) is 6.54 Å². The van der Waals surface area contributed by atoms with Gasteiger partial charge in [-0.3, -0.25) is 0 Å². The topological polar surface area (TPSA) is 21.3 Å². The first-order valence-electron chi connectivity index (χ1n) is 6.19. The first-order valence-corrected chi connectivity index (χ1v) is 6.98. The molecule has 2 rings (SSSR count). The molecule has 98 valence electrons. The number of terminal acetylenes is 1. The predicted molar refractivity (Wildman–Crippen MR) is 83.4 cm³/mol. The third-order valence-corrected chi connectivity index (χ3v) is 3.26. The summed E-state index contributed by atoms with van der Waals surface area (Å²) in [5.74, 6) is 3.42. The lowest BCUT2D eigenvalue weighted by molar-refractivity contribution is 0.219. The minimum Gasteiger partial charge on any atom is -0.489 e. The Hall–Kier alpha value is -1.50. The summed E-state index contributed by atoms with van der Waals surface area (Å²) in [6, 6.07) is 12.3. The van der Waals surface area contributed by atoms with Gasteiger partial charge in [-0.1, -0.05) is 34.0 Å². The van der Waals surface area contributed by atoms with Crippen molar-refractivity contribution in [2.75, 3.05) is 13.1 Å². The largest absolute Gasteiger partial charge is 0.489 e. The molecule has 0 aromatic heterocycles. The number of rotatable bonds is 5. The maximum Gasteiger partial charge on any atom is 0.120 e. The number of ether oxygens (including phenoxy) is 1. The fourth-order valence-corrected chi connectivity index (χ4v) is 2.27. The second-order valence-corrected chi connectivity index (χ2v) is 5.33. The number of fused-ring (bicyclic) bond motifs is 1. The van der Waals surface area contributed by atoms with E-state index < -0.39 is 0 Å². The molecule has 2 nitrogen and oxygen atoms in total. The highest BCUT2D eigenvalue weighted by molar-refractivity contribution is 9.10. The fraction of sp³-hybridized carbons (Fsp3) is 0.250. The number of hydrogen-bond donors (Lipinski definition) is 1. The maximum atomic E-state index is 5.86. The van der Waals surface area contributed by atoms with Crippen LogP contribution in [-0.2, 0) is 0 Å². The lowest BCUT2D eigenvalue weighted by Crippen LogP contribution is -2.29. The van der Waals surface area contributed by atoms with Gasteiger partial charge in [-0.25, -0.2) is 0 Å². The van der Waals surface area contributed by atoms with Crippen LogP contribution >= 0.6 is 15.9 Å². The molecule has 0 aliphatic carbocycles. The van der Waals surface area contributed by atoms with Crippen molar-refractivity contribution in [3.8, 4) is 18.1 Å². The zero-order valence-corrected chi connectivity index (χ0v) is 12.4. The van der Waals surface area contributed by atoms with Gasteiger partial charge < -0.3 is 10.1 Å². The molecular weight excluding hydrogens is 302 g/mol. The van der Waals surface area contributed by atoms with E-state index in [-0.39, 0.29) is 6.10 Å². The van der Waals surface area contributed by atoms with Gasteiger partial charge in [0.25, 0.3) is 0 Å². The Morgan fingerprint density at radius 2 is 2.00 bits per heavy atom. The van der Waals surface area contributed by atoms with Crippen molar-refractivity contribution in [1.82, 2.24) is 5.32 Å². The standard InChI is InChI=1S/C16H16BrNO/c1-3-8-18-11-12(2)19-16-7-5-13-9-15(17)6-4-14(13)10-16/h1,4-7,9-10,12,18H,8,11H2,2H3. The van der Waals surface area contributed by atoms with Crippen LogP contribution in [0.5, 0.6) is 5.75 Å². The second kappa shape index (κ2) is 6.60. The molecule has 2 aromatic rings. The molecule has 0 saturated heterocycles. The quantitative estimate of drug-likeness (QED) is 0.672. The summed E-state index contributed by atoms with van der Waals surface area (Å²) in [6.45, 7) is 3.33. The predicted octanol–water partition coefficient (Wildman–Crippen LogP) is 3.59. The Labute approximate surface area is 122 Å². The Kier molecular flexibility index (Phi) is 4.84. The Morgan fingerprint density at radius 3 is 2.79 bits per heavy atom. The average Bonchev–Trinajstić information content (AvgIpc) is 2.39. The van der Waals surface area contributed by atoms with Gasteiger partial charge in [0.05, 0.1) is 6.54 Å². The van der Waals surface area contributed by atoms with Gasteiger partial charge in [0.2, 0.25) is 0 Å². The summed E-state index contributed by atoms with van der Waals surface area (Å²) in [6.07, 6.45) is 5.27. The van der Waals surface area contributed by atoms with Crippen molar-refractivity contribution >= 4 is 26.7 Å². The van der Waals surface area contributed by atoms with E-state index in [2.05, 4.69) is 51.4 Å². The monoisotopic (exact) mass is 317 g/mol. The van der Waals surface area contributed by atoms with Crippen molar-refractivity contribution in [3.63, 3.8) is 0 Å². The van der Waals surface area contributed by atoms with Crippen molar-refractivity contribution in [2.45, 2.75) is 13.0 Å². The van der Waals surface area contributed by atoms with E-state index in [9.17, 15) is 0 Å². The van der Waals surface area contributed by atoms with Gasteiger partial charge in [-0.15, -0.1) is 6.42 Å². The zero-order chi connectivity index (χ0) is 13.7. The molecule has 1 atom stereocenters. The van der Waals surface area contributed by atoms with Crippen LogP contribution < -0.4 is 10.1 Å². The molecule has 0 aliphatic rings. The SMILES string of the molecule is C#CCNCC(C)Oc1ccc2cc(Br)ccc2c1. The van der Waals surface area contributed by atoms with Gasteiger partial charge in [0.1, 0.15) is 11.9 Å². The molecule has 2 aromatic carbocycles. The third-order valence-electron chi connectivity index (χ3n) is 2.77. The van der Waals surface area contributed by atoms with Gasteiger partial charge in [0.15, 0.2) is 0 Å². The molecule has 0 radical (unpaired) electrons. The van der Waals surface area contributed by atoms with Gasteiger partial charge in [-0.2, -0.15) is 0 Å². The summed E-state index contributed by atoms with van der Waals surface area (Å²) >= 11 is 3.47. The smallest absolute Gasteiger partial charge is 0.120 e. The molecule has 0 aliphatic heterocycles. The minimum absolute atomic E-state index is 0.0845. The fourth-order valence-electron chi connectivity index (χ4n) is 1.89. The summed E-state index contributed by atoms with van der Waals surface area (Å²) in [5, 5.41) is 5.50. The number of benzene rings is 2. The van der Waals surface area contributed by atoms with E-state index >= 15 is 0 Å². The lowest BCUT2D eigenvalue weighted by atomic mass is 10.1. The highest BCUT2D eigenvalue weighted by Crippen LogP contribution is 2.24. The van der Waals surface area contributed by atoms with Crippen LogP contribution in [0, 0.1) is 12.3 Å². The van der Waals surface area contributed by atoms with Crippen molar-refractivity contribution in [3.05, 3.63) is 40.9 Å². The van der Waals surface area contributed by atoms with Crippen LogP contribution in [0.4, 0.5) is 0 Å². The first-order chi connectivity index (χ1) is 9.19. The van der Waals surface area contributed by atoms with Crippen LogP contribution in [0.2, 0.25) is 0 Å². The van der Waals surface area contributed by atoms with E-state index in [1.807, 2.05) is 19.1 Å². The summed E-state index contributed by atoms with van der Waals surface area (Å²) in [4.78, 5) is 0. The van der Waals surface area contributed by atoms with E-state index in [0.717, 1.165) is 16.8 Å². The van der Waals surface area contributed by atoms with E-state index in [1.165, 1.54) is 10.8 Å². The summed E-state index contributed by atoms with van der Waals surface area (Å²) < 4.78 is 6.94. The minimum atomic E-state index is 0.0845. The number of nitrogens with one attached hydrogen (secondary N) is 1. The van der Waals surface area contributed by atoms with Crippen LogP contribution in [-0.4, -0.2) is 19.2 Å². The van der Waals surface area contributed by atoms with Crippen LogP contribution in [0.3, 0.4) is 0 Å². The van der Waals surface area contributed by atoms with Crippen LogP contribution in [0.25, 0.3) is 10.8 Å². The lowest BCUT2D eigenvalue weighted by Gasteiger charge is -2.15. The van der Waals surface area contributed by atoms with E-state index in [4.69, 9.17) is 11.2 Å². The first kappa shape index (κ1) is 13.9. The van der Waals surface area contributed by atoms with Crippen molar-refractivity contribution in [1.29, 1.82) is 0 Å². The molecule has 0 saturated carbocycles. The zero-order valence-electron chi connectivity index (χ0n) is 10.8. The van der Waals surface area contributed by atoms with Gasteiger partial charge in [0, 0.05) is 11.0 Å². The van der Waals surface area contributed by atoms with Crippen LogP contribution in [0.1, 0.15) is 6.92 Å². The highest BCUT2D eigenvalue weighted by atomic mass is 79.9. The normalized spacial score (nSPS) is 12.1. The van der Waals surface area contributed by atoms with Crippen molar-refractivity contribution in [2.24, 2.45) is 0 Å². The molecule has 0 fully saturated rings. The molecule has 19 heavy (non-hydrogen) atoms. The van der Waals surface area contributed by atoms with Gasteiger partial charge in [-0.05, 0) is 42.0 Å². The Bertz CT molecular complexity index is 603. The summed E-state index contributed by atoms with van der Waals surface area (Å²) in [5.41, 5.74) is 0. The molecule has 0 heterocycles. The average molecular weight is 318 g/mol.